The van der Waals surface area contributed by atoms with Crippen LogP contribution in [-0.4, -0.2) is 15.6 Å². The Morgan fingerprint density at radius 2 is 2.05 bits per heavy atom. The highest BCUT2D eigenvalue weighted by Crippen LogP contribution is 2.27. The third kappa shape index (κ3) is 2.63. The number of piperidine rings is 1. The Morgan fingerprint density at radius 3 is 2.75 bits per heavy atom. The van der Waals surface area contributed by atoms with Crippen LogP contribution in [0.15, 0.2) is 36.8 Å². The number of aromatic nitrogens is 2. The van der Waals surface area contributed by atoms with Crippen LogP contribution in [-0.2, 0) is 6.42 Å². The summed E-state index contributed by atoms with van der Waals surface area (Å²) in [5.41, 5.74) is 3.86. The first kappa shape index (κ1) is 13.4. The van der Waals surface area contributed by atoms with Crippen molar-refractivity contribution in [1.82, 2.24) is 14.9 Å². The Balaban J connectivity index is 1.88. The fourth-order valence-corrected chi connectivity index (χ4v) is 3.04. The summed E-state index contributed by atoms with van der Waals surface area (Å²) in [5, 5.41) is 3.69. The Hall–Kier alpha value is -1.61. The molecule has 0 saturated carbocycles. The second kappa shape index (κ2) is 5.80. The SMILES string of the molecule is CCc1ccc(-n2cncc2C2CCCC(C)N2)cc1. The highest BCUT2D eigenvalue weighted by molar-refractivity contribution is 5.37. The number of hydrogen-bond acceptors (Lipinski definition) is 2. The number of nitrogens with one attached hydrogen (secondary N) is 1. The molecule has 0 spiro atoms. The maximum absolute atomic E-state index is 4.36. The molecule has 2 atom stereocenters. The van der Waals surface area contributed by atoms with E-state index in [4.69, 9.17) is 0 Å². The van der Waals surface area contributed by atoms with Crippen LogP contribution in [0.2, 0.25) is 0 Å². The number of hydrogen-bond donors (Lipinski definition) is 1. The first-order valence-electron chi connectivity index (χ1n) is 7.65. The van der Waals surface area contributed by atoms with Crippen LogP contribution in [0.5, 0.6) is 0 Å². The average molecular weight is 269 g/mol. The Kier molecular flexibility index (Phi) is 3.88. The number of imidazole rings is 1. The van der Waals surface area contributed by atoms with Crippen molar-refractivity contribution in [3.63, 3.8) is 0 Å². The van der Waals surface area contributed by atoms with Crippen molar-refractivity contribution in [1.29, 1.82) is 0 Å². The third-order valence-electron chi connectivity index (χ3n) is 4.26. The summed E-state index contributed by atoms with van der Waals surface area (Å²) in [5.74, 6) is 0. The lowest BCUT2D eigenvalue weighted by Gasteiger charge is -2.29. The summed E-state index contributed by atoms with van der Waals surface area (Å²) < 4.78 is 2.22. The number of aryl methyl sites for hydroxylation is 1. The summed E-state index contributed by atoms with van der Waals surface area (Å²) in [6.45, 7) is 4.45. The lowest BCUT2D eigenvalue weighted by molar-refractivity contribution is 0.334. The van der Waals surface area contributed by atoms with Gasteiger partial charge < -0.3 is 9.88 Å². The number of benzene rings is 1. The van der Waals surface area contributed by atoms with E-state index in [1.165, 1.54) is 36.2 Å². The van der Waals surface area contributed by atoms with Gasteiger partial charge >= 0.3 is 0 Å². The summed E-state index contributed by atoms with van der Waals surface area (Å²) in [7, 11) is 0. The van der Waals surface area contributed by atoms with Gasteiger partial charge in [-0.15, -0.1) is 0 Å². The molecule has 3 heteroatoms. The van der Waals surface area contributed by atoms with Crippen molar-refractivity contribution in [3.8, 4) is 5.69 Å². The van der Waals surface area contributed by atoms with E-state index in [9.17, 15) is 0 Å². The van der Waals surface area contributed by atoms with Gasteiger partial charge in [0.05, 0.1) is 18.2 Å². The summed E-state index contributed by atoms with van der Waals surface area (Å²) in [6, 6.07) is 9.81. The van der Waals surface area contributed by atoms with Gasteiger partial charge in [-0.2, -0.15) is 0 Å². The average Bonchev–Trinajstić information content (AvgIpc) is 2.97. The minimum atomic E-state index is 0.423. The molecule has 1 aliphatic heterocycles. The maximum Gasteiger partial charge on any atom is 0.0994 e. The minimum Gasteiger partial charge on any atom is -0.306 e. The molecule has 1 aromatic heterocycles. The standard InChI is InChI=1S/C17H23N3/c1-3-14-7-9-15(10-8-14)20-12-18-11-17(20)16-6-4-5-13(2)19-16/h7-13,16,19H,3-6H2,1-2H3. The summed E-state index contributed by atoms with van der Waals surface area (Å²) in [6.07, 6.45) is 8.77. The van der Waals surface area contributed by atoms with Gasteiger partial charge in [0.25, 0.3) is 0 Å². The zero-order chi connectivity index (χ0) is 13.9. The first-order valence-corrected chi connectivity index (χ1v) is 7.65. The molecule has 3 nitrogen and oxygen atoms in total. The van der Waals surface area contributed by atoms with Crippen molar-refractivity contribution in [2.75, 3.05) is 0 Å². The van der Waals surface area contributed by atoms with E-state index >= 15 is 0 Å². The second-order valence-corrected chi connectivity index (χ2v) is 5.76. The summed E-state index contributed by atoms with van der Waals surface area (Å²) >= 11 is 0. The molecule has 1 aliphatic rings. The number of nitrogens with zero attached hydrogens (tertiary/aromatic N) is 2. The summed E-state index contributed by atoms with van der Waals surface area (Å²) in [4.78, 5) is 4.36. The molecular formula is C17H23N3. The van der Waals surface area contributed by atoms with Gasteiger partial charge in [-0.1, -0.05) is 19.1 Å². The smallest absolute Gasteiger partial charge is 0.0994 e. The normalized spacial score (nSPS) is 22.9. The van der Waals surface area contributed by atoms with Gasteiger partial charge in [-0.25, -0.2) is 4.98 Å². The largest absolute Gasteiger partial charge is 0.306 e. The zero-order valence-corrected chi connectivity index (χ0v) is 12.3. The lowest BCUT2D eigenvalue weighted by atomic mass is 9.97. The van der Waals surface area contributed by atoms with Crippen molar-refractivity contribution in [2.24, 2.45) is 0 Å². The van der Waals surface area contributed by atoms with Crippen LogP contribution >= 0.6 is 0 Å². The molecule has 2 unspecified atom stereocenters. The van der Waals surface area contributed by atoms with E-state index in [2.05, 4.69) is 53.0 Å². The van der Waals surface area contributed by atoms with Gasteiger partial charge in [-0.05, 0) is 50.3 Å². The van der Waals surface area contributed by atoms with Crippen LogP contribution in [0.3, 0.4) is 0 Å². The molecule has 3 rings (SSSR count). The van der Waals surface area contributed by atoms with Crippen molar-refractivity contribution in [2.45, 2.75) is 51.6 Å². The monoisotopic (exact) mass is 269 g/mol. The molecule has 0 amide bonds. The fourth-order valence-electron chi connectivity index (χ4n) is 3.04. The topological polar surface area (TPSA) is 29.9 Å². The first-order chi connectivity index (χ1) is 9.78. The van der Waals surface area contributed by atoms with E-state index in [1.54, 1.807) is 0 Å². The van der Waals surface area contributed by atoms with Gasteiger partial charge in [0, 0.05) is 17.8 Å². The number of rotatable bonds is 3. The molecule has 2 aromatic rings. The van der Waals surface area contributed by atoms with Crippen LogP contribution in [0, 0.1) is 0 Å². The minimum absolute atomic E-state index is 0.423. The van der Waals surface area contributed by atoms with Gasteiger partial charge in [-0.3, -0.25) is 0 Å². The zero-order valence-electron chi connectivity index (χ0n) is 12.3. The fraction of sp³-hybridized carbons (Fsp3) is 0.471. The van der Waals surface area contributed by atoms with Gasteiger partial charge in [0.15, 0.2) is 0 Å². The molecule has 20 heavy (non-hydrogen) atoms. The highest BCUT2D eigenvalue weighted by atomic mass is 15.1. The molecule has 1 fully saturated rings. The molecule has 0 radical (unpaired) electrons. The Labute approximate surface area is 121 Å². The lowest BCUT2D eigenvalue weighted by Crippen LogP contribution is -2.35. The van der Waals surface area contributed by atoms with E-state index in [0.29, 0.717) is 12.1 Å². The van der Waals surface area contributed by atoms with Crippen molar-refractivity contribution in [3.05, 3.63) is 48.0 Å². The van der Waals surface area contributed by atoms with Gasteiger partial charge in [0.1, 0.15) is 0 Å². The Morgan fingerprint density at radius 1 is 1.25 bits per heavy atom. The second-order valence-electron chi connectivity index (χ2n) is 5.76. The predicted molar refractivity (Wildman–Crippen MR) is 82.1 cm³/mol. The molecule has 0 bridgehead atoms. The highest BCUT2D eigenvalue weighted by Gasteiger charge is 2.22. The van der Waals surface area contributed by atoms with Crippen LogP contribution in [0.25, 0.3) is 5.69 Å². The van der Waals surface area contributed by atoms with E-state index < -0.39 is 0 Å². The van der Waals surface area contributed by atoms with E-state index in [-0.39, 0.29) is 0 Å². The van der Waals surface area contributed by atoms with Crippen molar-refractivity contribution >= 4 is 0 Å². The van der Waals surface area contributed by atoms with Crippen LogP contribution in [0.1, 0.15) is 50.4 Å². The van der Waals surface area contributed by atoms with Gasteiger partial charge in [0.2, 0.25) is 0 Å². The van der Waals surface area contributed by atoms with Crippen LogP contribution in [0.4, 0.5) is 0 Å². The van der Waals surface area contributed by atoms with E-state index in [1.807, 2.05) is 12.5 Å². The molecule has 1 aromatic carbocycles. The molecule has 0 aliphatic carbocycles. The molecule has 2 heterocycles. The van der Waals surface area contributed by atoms with Crippen molar-refractivity contribution < 1.29 is 0 Å². The Bertz CT molecular complexity index is 556. The molecule has 106 valence electrons. The van der Waals surface area contributed by atoms with E-state index in [0.717, 1.165) is 6.42 Å². The maximum atomic E-state index is 4.36. The predicted octanol–water partition coefficient (Wildman–Crippen LogP) is 3.64. The quantitative estimate of drug-likeness (QED) is 0.922. The molecular weight excluding hydrogens is 246 g/mol. The molecule has 1 N–H and O–H groups in total. The molecule has 1 saturated heterocycles. The third-order valence-corrected chi connectivity index (χ3v) is 4.26. The van der Waals surface area contributed by atoms with Crippen LogP contribution < -0.4 is 5.32 Å².